The fraction of sp³-hybridized carbons (Fsp3) is 0.273. The second-order valence-corrected chi connectivity index (χ2v) is 3.58. The summed E-state index contributed by atoms with van der Waals surface area (Å²) in [6.07, 6.45) is 0.299. The van der Waals surface area contributed by atoms with E-state index in [-0.39, 0.29) is 5.91 Å². The van der Waals surface area contributed by atoms with Crippen molar-refractivity contribution in [1.29, 1.82) is 0 Å². The van der Waals surface area contributed by atoms with Crippen LogP contribution in [0.1, 0.15) is 12.5 Å². The highest BCUT2D eigenvalue weighted by Gasteiger charge is 2.33. The predicted molar refractivity (Wildman–Crippen MR) is 54.7 cm³/mol. The van der Waals surface area contributed by atoms with Crippen LogP contribution in [0.25, 0.3) is 0 Å². The van der Waals surface area contributed by atoms with Crippen molar-refractivity contribution in [1.82, 2.24) is 0 Å². The Balaban J connectivity index is 2.42. The lowest BCUT2D eigenvalue weighted by atomic mass is 10.2. The zero-order valence-corrected chi connectivity index (χ0v) is 8.30. The van der Waals surface area contributed by atoms with Crippen LogP contribution in [-0.2, 0) is 16.0 Å². The average molecular weight is 205 g/mol. The van der Waals surface area contributed by atoms with Gasteiger partial charge < -0.3 is 5.11 Å². The quantitative estimate of drug-likeness (QED) is 0.785. The van der Waals surface area contributed by atoms with Crippen LogP contribution in [-0.4, -0.2) is 23.0 Å². The second kappa shape index (κ2) is 3.38. The Labute approximate surface area is 87.1 Å². The number of carbonyl (C=O) groups excluding carboxylic acids is 1. The van der Waals surface area contributed by atoms with Crippen LogP contribution in [0, 0.1) is 0 Å². The molecule has 0 saturated heterocycles. The molecule has 0 aliphatic carbocycles. The highest BCUT2D eigenvalue weighted by molar-refractivity contribution is 6.05. The minimum absolute atomic E-state index is 0.147. The maximum absolute atomic E-state index is 11.6. The molecule has 4 heteroatoms. The molecule has 1 atom stereocenters. The lowest BCUT2D eigenvalue weighted by Crippen LogP contribution is -2.41. The number of fused-ring (bicyclic) bond motifs is 1. The first kappa shape index (κ1) is 9.71. The normalized spacial score (nSPS) is 16.3. The Kier molecular flexibility index (Phi) is 2.19. The number of hydrogen-bond donors (Lipinski definition) is 1. The van der Waals surface area contributed by atoms with Gasteiger partial charge in [0.1, 0.15) is 6.04 Å². The zero-order valence-electron chi connectivity index (χ0n) is 8.30. The number of carboxylic acids is 1. The minimum atomic E-state index is -0.986. The molecule has 1 unspecified atom stereocenters. The number of hydrogen-bond acceptors (Lipinski definition) is 2. The third kappa shape index (κ3) is 1.48. The molecule has 1 aromatic carbocycles. The van der Waals surface area contributed by atoms with Crippen molar-refractivity contribution in [2.24, 2.45) is 0 Å². The van der Waals surface area contributed by atoms with Crippen LogP contribution < -0.4 is 4.90 Å². The monoisotopic (exact) mass is 205 g/mol. The maximum atomic E-state index is 11.6. The molecule has 1 heterocycles. The molecule has 4 nitrogen and oxygen atoms in total. The summed E-state index contributed by atoms with van der Waals surface area (Å²) in [6, 6.07) is 6.47. The minimum Gasteiger partial charge on any atom is -0.480 e. The van der Waals surface area contributed by atoms with E-state index in [9.17, 15) is 9.59 Å². The first-order chi connectivity index (χ1) is 7.11. The summed E-state index contributed by atoms with van der Waals surface area (Å²) in [4.78, 5) is 23.8. The molecule has 0 radical (unpaired) electrons. The Bertz CT molecular complexity index is 428. The number of para-hydroxylation sites is 1. The summed E-state index contributed by atoms with van der Waals surface area (Å²) in [5, 5.41) is 8.89. The lowest BCUT2D eigenvalue weighted by molar-refractivity contribution is -0.139. The Morgan fingerprint density at radius 2 is 2.13 bits per heavy atom. The van der Waals surface area contributed by atoms with Gasteiger partial charge >= 0.3 is 5.97 Å². The van der Waals surface area contributed by atoms with Gasteiger partial charge in [-0.05, 0) is 18.6 Å². The summed E-state index contributed by atoms with van der Waals surface area (Å²) in [6.45, 7) is 1.52. The van der Waals surface area contributed by atoms with E-state index in [1.807, 2.05) is 12.1 Å². The summed E-state index contributed by atoms with van der Waals surface area (Å²) in [5.74, 6) is -1.13. The fourth-order valence-electron chi connectivity index (χ4n) is 1.81. The van der Waals surface area contributed by atoms with Gasteiger partial charge in [-0.15, -0.1) is 0 Å². The summed E-state index contributed by atoms with van der Waals surface area (Å²) >= 11 is 0. The molecular weight excluding hydrogens is 194 g/mol. The van der Waals surface area contributed by atoms with E-state index in [0.717, 1.165) is 11.3 Å². The highest BCUT2D eigenvalue weighted by Crippen LogP contribution is 2.30. The van der Waals surface area contributed by atoms with Gasteiger partial charge in [0.25, 0.3) is 0 Å². The fourth-order valence-corrected chi connectivity index (χ4v) is 1.81. The molecule has 15 heavy (non-hydrogen) atoms. The third-order valence-electron chi connectivity index (χ3n) is 2.61. The van der Waals surface area contributed by atoms with E-state index in [1.165, 1.54) is 11.8 Å². The molecule has 78 valence electrons. The molecule has 1 amide bonds. The summed E-state index contributed by atoms with van der Waals surface area (Å²) < 4.78 is 0. The molecule has 1 aromatic rings. The molecule has 0 aromatic heterocycles. The standard InChI is InChI=1S/C11H11NO3/c1-7(11(14)15)12-9-5-3-2-4-8(9)6-10(12)13/h2-5,7H,6H2,1H3,(H,14,15). The highest BCUT2D eigenvalue weighted by atomic mass is 16.4. The van der Waals surface area contributed by atoms with E-state index in [1.54, 1.807) is 12.1 Å². The molecule has 1 aliphatic heterocycles. The SMILES string of the molecule is CC(C(=O)O)N1C(=O)Cc2ccccc21. The van der Waals surface area contributed by atoms with E-state index < -0.39 is 12.0 Å². The van der Waals surface area contributed by atoms with Crippen molar-refractivity contribution in [2.45, 2.75) is 19.4 Å². The number of amides is 1. The topological polar surface area (TPSA) is 57.6 Å². The van der Waals surface area contributed by atoms with Crippen LogP contribution in [0.4, 0.5) is 5.69 Å². The predicted octanol–water partition coefficient (Wildman–Crippen LogP) is 1.05. The molecule has 2 rings (SSSR count). The number of benzene rings is 1. The van der Waals surface area contributed by atoms with Crippen LogP contribution in [0.3, 0.4) is 0 Å². The van der Waals surface area contributed by atoms with Crippen LogP contribution in [0.2, 0.25) is 0 Å². The van der Waals surface area contributed by atoms with Gasteiger partial charge in [0.2, 0.25) is 5.91 Å². The number of carbonyl (C=O) groups is 2. The molecule has 0 fully saturated rings. The van der Waals surface area contributed by atoms with Crippen molar-refractivity contribution in [3.05, 3.63) is 29.8 Å². The molecule has 1 aliphatic rings. The van der Waals surface area contributed by atoms with Gasteiger partial charge in [0.05, 0.1) is 6.42 Å². The smallest absolute Gasteiger partial charge is 0.326 e. The van der Waals surface area contributed by atoms with Gasteiger partial charge in [-0.25, -0.2) is 4.79 Å². The largest absolute Gasteiger partial charge is 0.480 e. The molecule has 0 saturated carbocycles. The second-order valence-electron chi connectivity index (χ2n) is 3.58. The van der Waals surface area contributed by atoms with Crippen LogP contribution >= 0.6 is 0 Å². The van der Waals surface area contributed by atoms with Crippen LogP contribution in [0.5, 0.6) is 0 Å². The van der Waals surface area contributed by atoms with Crippen molar-refractivity contribution in [3.8, 4) is 0 Å². The van der Waals surface area contributed by atoms with Crippen molar-refractivity contribution >= 4 is 17.6 Å². The van der Waals surface area contributed by atoms with Gasteiger partial charge in [-0.1, -0.05) is 18.2 Å². The average Bonchev–Trinajstić information content (AvgIpc) is 2.52. The van der Waals surface area contributed by atoms with Crippen molar-refractivity contribution < 1.29 is 14.7 Å². The van der Waals surface area contributed by atoms with Gasteiger partial charge in [-0.2, -0.15) is 0 Å². The molecule has 0 bridgehead atoms. The van der Waals surface area contributed by atoms with E-state index >= 15 is 0 Å². The van der Waals surface area contributed by atoms with Gasteiger partial charge in [-0.3, -0.25) is 9.69 Å². The first-order valence-corrected chi connectivity index (χ1v) is 4.74. The van der Waals surface area contributed by atoms with Crippen molar-refractivity contribution in [3.63, 3.8) is 0 Å². The number of nitrogens with zero attached hydrogens (tertiary/aromatic N) is 1. The zero-order chi connectivity index (χ0) is 11.0. The maximum Gasteiger partial charge on any atom is 0.326 e. The molecule has 0 spiro atoms. The number of anilines is 1. The lowest BCUT2D eigenvalue weighted by Gasteiger charge is -2.21. The van der Waals surface area contributed by atoms with E-state index in [0.29, 0.717) is 6.42 Å². The van der Waals surface area contributed by atoms with E-state index in [2.05, 4.69) is 0 Å². The Hall–Kier alpha value is -1.84. The Morgan fingerprint density at radius 3 is 2.80 bits per heavy atom. The Morgan fingerprint density at radius 1 is 1.47 bits per heavy atom. The number of carboxylic acid groups (broad SMARTS) is 1. The van der Waals surface area contributed by atoms with Gasteiger partial charge in [0, 0.05) is 5.69 Å². The first-order valence-electron chi connectivity index (χ1n) is 4.74. The third-order valence-corrected chi connectivity index (χ3v) is 2.61. The molecular formula is C11H11NO3. The van der Waals surface area contributed by atoms with Crippen LogP contribution in [0.15, 0.2) is 24.3 Å². The van der Waals surface area contributed by atoms with Crippen molar-refractivity contribution in [2.75, 3.05) is 4.90 Å². The molecule has 1 N–H and O–H groups in total. The van der Waals surface area contributed by atoms with E-state index in [4.69, 9.17) is 5.11 Å². The van der Waals surface area contributed by atoms with Gasteiger partial charge in [0.15, 0.2) is 0 Å². The number of rotatable bonds is 2. The summed E-state index contributed by atoms with van der Waals surface area (Å²) in [7, 11) is 0. The number of aliphatic carboxylic acids is 1. The summed E-state index contributed by atoms with van der Waals surface area (Å²) in [5.41, 5.74) is 1.62.